The summed E-state index contributed by atoms with van der Waals surface area (Å²) >= 11 is 0. The zero-order valence-electron chi connectivity index (χ0n) is 30.6. The summed E-state index contributed by atoms with van der Waals surface area (Å²) in [6.07, 6.45) is 27.3. The number of azo groups is 1. The molecule has 0 spiro atoms. The summed E-state index contributed by atoms with van der Waals surface area (Å²) < 4.78 is 0. The van der Waals surface area contributed by atoms with Crippen LogP contribution >= 0.6 is 0 Å². The van der Waals surface area contributed by atoms with E-state index < -0.39 is 4.92 Å². The highest BCUT2D eigenvalue weighted by Gasteiger charge is 2.07. The summed E-state index contributed by atoms with van der Waals surface area (Å²) in [6, 6.07) is 14.3. The maximum Gasteiger partial charge on any atom is 0.269 e. The quantitative estimate of drug-likeness (QED) is 0.0351. The van der Waals surface area contributed by atoms with Gasteiger partial charge in [0.2, 0.25) is 0 Å². The van der Waals surface area contributed by atoms with E-state index in [0.29, 0.717) is 5.69 Å². The van der Waals surface area contributed by atoms with E-state index in [0.717, 1.165) is 45.0 Å². The number of anilines is 1. The third kappa shape index (κ3) is 21.2. The van der Waals surface area contributed by atoms with Gasteiger partial charge in [0, 0.05) is 44.0 Å². The van der Waals surface area contributed by atoms with Crippen molar-refractivity contribution < 1.29 is 4.92 Å². The number of nitro groups is 1. The van der Waals surface area contributed by atoms with Crippen molar-refractivity contribution in [2.75, 3.05) is 44.2 Å². The summed E-state index contributed by atoms with van der Waals surface area (Å²) in [6.45, 7) is 10.6. The maximum absolute atomic E-state index is 10.9. The van der Waals surface area contributed by atoms with Crippen LogP contribution in [0.3, 0.4) is 0 Å². The van der Waals surface area contributed by atoms with Crippen molar-refractivity contribution >= 4 is 22.7 Å². The van der Waals surface area contributed by atoms with E-state index in [1.54, 1.807) is 12.1 Å². The second-order valence-corrected chi connectivity index (χ2v) is 13.3. The number of non-ortho nitro benzene ring substituents is 1. The molecule has 48 heavy (non-hydrogen) atoms. The van der Waals surface area contributed by atoms with Gasteiger partial charge >= 0.3 is 0 Å². The molecule has 0 aromatic heterocycles. The van der Waals surface area contributed by atoms with Gasteiger partial charge in [0.05, 0.1) is 16.3 Å². The summed E-state index contributed by atoms with van der Waals surface area (Å²) in [5.74, 6) is 0. The molecule has 8 heteroatoms. The van der Waals surface area contributed by atoms with E-state index in [4.69, 9.17) is 0 Å². The van der Waals surface area contributed by atoms with Crippen molar-refractivity contribution in [1.29, 1.82) is 0 Å². The molecule has 0 unspecified atom stereocenters. The normalized spacial score (nSPS) is 11.5. The average Bonchev–Trinajstić information content (AvgIpc) is 3.11. The van der Waals surface area contributed by atoms with Crippen LogP contribution in [-0.2, 0) is 0 Å². The van der Waals surface area contributed by atoms with Gasteiger partial charge < -0.3 is 15.5 Å². The number of nitrogens with one attached hydrogen (secondary N) is 2. The molecule has 0 saturated heterocycles. The molecule has 0 aliphatic heterocycles. The standard InChI is InChI=1S/C40H68N6O2/c1-3-5-7-9-11-13-15-17-19-21-31-41-33-35-45(36-34-42-32-22-20-18-16-14-12-10-8-6-4-2)39-27-23-37(24-28-39)43-44-38-25-29-40(30-26-38)46(47)48/h23-30,41-42H,3-22,31-36H2,1-2H3. The topological polar surface area (TPSA) is 95.2 Å². The van der Waals surface area contributed by atoms with Crippen LogP contribution in [0, 0.1) is 10.1 Å². The fraction of sp³-hybridized carbons (Fsp3) is 0.700. The molecule has 270 valence electrons. The molecule has 0 fully saturated rings. The van der Waals surface area contributed by atoms with Crippen LogP contribution < -0.4 is 15.5 Å². The monoisotopic (exact) mass is 665 g/mol. The Bertz CT molecular complexity index is 1030. The third-order valence-electron chi connectivity index (χ3n) is 9.09. The Kier molecular flexibility index (Phi) is 25.1. The minimum absolute atomic E-state index is 0.0503. The van der Waals surface area contributed by atoms with Crippen molar-refractivity contribution in [2.24, 2.45) is 10.2 Å². The highest BCUT2D eigenvalue weighted by Crippen LogP contribution is 2.24. The van der Waals surface area contributed by atoms with Gasteiger partial charge in [0.1, 0.15) is 0 Å². The first kappa shape index (κ1) is 41.3. The van der Waals surface area contributed by atoms with Crippen LogP contribution in [0.15, 0.2) is 58.8 Å². The Balaban J connectivity index is 1.72. The molecule has 2 N–H and O–H groups in total. The summed E-state index contributed by atoms with van der Waals surface area (Å²) in [4.78, 5) is 12.9. The predicted octanol–water partition coefficient (Wildman–Crippen LogP) is 11.8. The van der Waals surface area contributed by atoms with E-state index >= 15 is 0 Å². The Morgan fingerprint density at radius 1 is 0.521 bits per heavy atom. The number of rotatable bonds is 32. The minimum atomic E-state index is -0.410. The molecular formula is C40H68N6O2. The van der Waals surface area contributed by atoms with Crippen LogP contribution in [-0.4, -0.2) is 44.2 Å². The average molecular weight is 665 g/mol. The molecule has 0 amide bonds. The first-order chi connectivity index (χ1) is 23.6. The molecule has 0 aliphatic carbocycles. The Morgan fingerprint density at radius 2 is 0.875 bits per heavy atom. The summed E-state index contributed by atoms with van der Waals surface area (Å²) in [5, 5.41) is 26.9. The maximum atomic E-state index is 10.9. The van der Waals surface area contributed by atoms with Crippen LogP contribution in [0.4, 0.5) is 22.7 Å². The van der Waals surface area contributed by atoms with Crippen molar-refractivity contribution in [3.63, 3.8) is 0 Å². The summed E-state index contributed by atoms with van der Waals surface area (Å²) in [7, 11) is 0. The lowest BCUT2D eigenvalue weighted by atomic mass is 10.1. The van der Waals surface area contributed by atoms with Crippen LogP contribution in [0.1, 0.15) is 142 Å². The second kappa shape index (κ2) is 29.1. The largest absolute Gasteiger partial charge is 0.369 e. The number of nitrogens with zero attached hydrogens (tertiary/aromatic N) is 4. The van der Waals surface area contributed by atoms with Crippen molar-refractivity contribution in [3.8, 4) is 0 Å². The third-order valence-corrected chi connectivity index (χ3v) is 9.09. The van der Waals surface area contributed by atoms with Gasteiger partial charge in [0.25, 0.3) is 5.69 Å². The van der Waals surface area contributed by atoms with E-state index in [1.165, 1.54) is 146 Å². The van der Waals surface area contributed by atoms with E-state index in [2.05, 4.69) is 51.7 Å². The molecule has 0 radical (unpaired) electrons. The minimum Gasteiger partial charge on any atom is -0.369 e. The van der Waals surface area contributed by atoms with Crippen molar-refractivity contribution in [1.82, 2.24) is 10.6 Å². The molecule has 2 aromatic carbocycles. The molecule has 8 nitrogen and oxygen atoms in total. The van der Waals surface area contributed by atoms with E-state index in [-0.39, 0.29) is 5.69 Å². The van der Waals surface area contributed by atoms with Gasteiger partial charge in [-0.3, -0.25) is 10.1 Å². The predicted molar refractivity (Wildman–Crippen MR) is 205 cm³/mol. The fourth-order valence-corrected chi connectivity index (χ4v) is 6.01. The Hall–Kier alpha value is -2.84. The second-order valence-electron chi connectivity index (χ2n) is 13.3. The lowest BCUT2D eigenvalue weighted by Crippen LogP contribution is -2.37. The molecule has 2 aromatic rings. The lowest BCUT2D eigenvalue weighted by Gasteiger charge is -2.25. The first-order valence-corrected chi connectivity index (χ1v) is 19.6. The zero-order valence-corrected chi connectivity index (χ0v) is 30.6. The number of benzene rings is 2. The Labute approximate surface area is 293 Å². The molecule has 0 aliphatic rings. The molecule has 2 rings (SSSR count). The van der Waals surface area contributed by atoms with Gasteiger partial charge in [-0.25, -0.2) is 0 Å². The van der Waals surface area contributed by atoms with Crippen molar-refractivity contribution in [2.45, 2.75) is 142 Å². The molecular weight excluding hydrogens is 596 g/mol. The number of hydrogen-bond acceptors (Lipinski definition) is 7. The zero-order chi connectivity index (χ0) is 34.3. The molecule has 0 atom stereocenters. The van der Waals surface area contributed by atoms with E-state index in [1.807, 2.05) is 12.1 Å². The van der Waals surface area contributed by atoms with Gasteiger partial charge in [-0.15, -0.1) is 0 Å². The first-order valence-electron chi connectivity index (χ1n) is 19.6. The smallest absolute Gasteiger partial charge is 0.269 e. The van der Waals surface area contributed by atoms with Crippen molar-refractivity contribution in [3.05, 3.63) is 58.6 Å². The molecule has 0 saturated carbocycles. The van der Waals surface area contributed by atoms with E-state index in [9.17, 15) is 10.1 Å². The van der Waals surface area contributed by atoms with Crippen LogP contribution in [0.5, 0.6) is 0 Å². The van der Waals surface area contributed by atoms with Gasteiger partial charge in [-0.1, -0.05) is 129 Å². The highest BCUT2D eigenvalue weighted by atomic mass is 16.6. The Morgan fingerprint density at radius 3 is 1.25 bits per heavy atom. The number of hydrogen-bond donors (Lipinski definition) is 2. The van der Waals surface area contributed by atoms with Crippen LogP contribution in [0.2, 0.25) is 0 Å². The van der Waals surface area contributed by atoms with Gasteiger partial charge in [0.15, 0.2) is 0 Å². The van der Waals surface area contributed by atoms with Gasteiger partial charge in [-0.05, 0) is 62.3 Å². The molecule has 0 heterocycles. The number of unbranched alkanes of at least 4 members (excludes halogenated alkanes) is 18. The SMILES string of the molecule is CCCCCCCCCCCCNCCN(CCNCCCCCCCCCCCC)c1ccc(N=Nc2ccc([N+](=O)[O-])cc2)cc1. The summed E-state index contributed by atoms with van der Waals surface area (Å²) in [5.41, 5.74) is 2.59. The van der Waals surface area contributed by atoms with Crippen LogP contribution in [0.25, 0.3) is 0 Å². The van der Waals surface area contributed by atoms with Gasteiger partial charge in [-0.2, -0.15) is 10.2 Å². The fourth-order valence-electron chi connectivity index (χ4n) is 6.01. The highest BCUT2D eigenvalue weighted by molar-refractivity contribution is 5.53. The lowest BCUT2D eigenvalue weighted by molar-refractivity contribution is -0.384. The number of nitro benzene ring substituents is 1. The molecule has 0 bridgehead atoms.